The number of rotatable bonds is 3. The number of hydrogen-bond acceptors (Lipinski definition) is 2. The second-order valence-corrected chi connectivity index (χ2v) is 2.98. The third kappa shape index (κ3) is 2.18. The van der Waals surface area contributed by atoms with Crippen LogP contribution in [0.15, 0.2) is 12.1 Å². The van der Waals surface area contributed by atoms with E-state index in [1.165, 1.54) is 13.2 Å². The Bertz CT molecular complexity index is 299. The van der Waals surface area contributed by atoms with Gasteiger partial charge in [-0.25, -0.2) is 4.39 Å². The maximum atomic E-state index is 13.3. The van der Waals surface area contributed by atoms with Gasteiger partial charge in [0, 0.05) is 0 Å². The van der Waals surface area contributed by atoms with Crippen molar-refractivity contribution in [3.63, 3.8) is 0 Å². The van der Waals surface area contributed by atoms with Gasteiger partial charge in [-0.05, 0) is 37.1 Å². The van der Waals surface area contributed by atoms with Crippen LogP contribution in [0, 0.1) is 12.7 Å². The van der Waals surface area contributed by atoms with Crippen LogP contribution in [0.4, 0.5) is 4.39 Å². The average molecular weight is 183 g/mol. The smallest absolute Gasteiger partial charge is 0.165 e. The predicted molar refractivity (Wildman–Crippen MR) is 50.4 cm³/mol. The molecule has 0 aliphatic carbocycles. The lowest BCUT2D eigenvalue weighted by atomic mass is 10.1. The van der Waals surface area contributed by atoms with Gasteiger partial charge in [-0.15, -0.1) is 0 Å². The molecule has 0 heterocycles. The Kier molecular flexibility index (Phi) is 3.25. The second-order valence-electron chi connectivity index (χ2n) is 2.98. The van der Waals surface area contributed by atoms with Crippen molar-refractivity contribution in [3.05, 3.63) is 29.1 Å². The standard InChI is InChI=1S/C10H14FNO/c1-7-5-8(3-4-12)10(13-2)9(11)6-7/h5-6H,3-4,12H2,1-2H3. The van der Waals surface area contributed by atoms with Crippen LogP contribution in [0.1, 0.15) is 11.1 Å². The van der Waals surface area contributed by atoms with Crippen molar-refractivity contribution in [2.24, 2.45) is 5.73 Å². The van der Waals surface area contributed by atoms with Crippen molar-refractivity contribution < 1.29 is 9.13 Å². The van der Waals surface area contributed by atoms with Crippen LogP contribution in [-0.4, -0.2) is 13.7 Å². The molecule has 2 N–H and O–H groups in total. The monoisotopic (exact) mass is 183 g/mol. The van der Waals surface area contributed by atoms with E-state index in [1.807, 2.05) is 13.0 Å². The zero-order chi connectivity index (χ0) is 9.84. The van der Waals surface area contributed by atoms with Gasteiger partial charge in [0.05, 0.1) is 7.11 Å². The highest BCUT2D eigenvalue weighted by molar-refractivity contribution is 5.38. The SMILES string of the molecule is COc1c(F)cc(C)cc1CCN. The largest absolute Gasteiger partial charge is 0.493 e. The Hall–Kier alpha value is -1.09. The number of methoxy groups -OCH3 is 1. The molecule has 0 aromatic heterocycles. The summed E-state index contributed by atoms with van der Waals surface area (Å²) in [5, 5.41) is 0. The molecular formula is C10H14FNO. The first-order valence-electron chi connectivity index (χ1n) is 4.22. The molecule has 0 radical (unpaired) electrons. The minimum Gasteiger partial charge on any atom is -0.493 e. The molecule has 0 atom stereocenters. The maximum absolute atomic E-state index is 13.3. The van der Waals surface area contributed by atoms with Gasteiger partial charge in [-0.3, -0.25) is 0 Å². The highest BCUT2D eigenvalue weighted by Crippen LogP contribution is 2.24. The molecule has 0 saturated heterocycles. The summed E-state index contributed by atoms with van der Waals surface area (Å²) < 4.78 is 18.2. The number of hydrogen-bond donors (Lipinski definition) is 1. The van der Waals surface area contributed by atoms with E-state index in [2.05, 4.69) is 0 Å². The van der Waals surface area contributed by atoms with Gasteiger partial charge in [0.1, 0.15) is 0 Å². The highest BCUT2D eigenvalue weighted by Gasteiger charge is 2.08. The number of nitrogens with two attached hydrogens (primary N) is 1. The zero-order valence-corrected chi connectivity index (χ0v) is 7.93. The molecule has 0 aliphatic heterocycles. The molecule has 72 valence electrons. The Morgan fingerprint density at radius 3 is 2.69 bits per heavy atom. The molecule has 1 aromatic carbocycles. The lowest BCUT2D eigenvalue weighted by Gasteiger charge is -2.09. The molecule has 0 unspecified atom stereocenters. The highest BCUT2D eigenvalue weighted by atomic mass is 19.1. The van der Waals surface area contributed by atoms with Gasteiger partial charge in [0.15, 0.2) is 11.6 Å². The maximum Gasteiger partial charge on any atom is 0.165 e. The molecular weight excluding hydrogens is 169 g/mol. The average Bonchev–Trinajstić information content (AvgIpc) is 2.04. The van der Waals surface area contributed by atoms with Crippen LogP contribution in [-0.2, 0) is 6.42 Å². The first-order valence-corrected chi connectivity index (χ1v) is 4.22. The molecule has 0 aliphatic rings. The van der Waals surface area contributed by atoms with E-state index in [0.29, 0.717) is 18.7 Å². The van der Waals surface area contributed by atoms with Crippen molar-refractivity contribution in [2.75, 3.05) is 13.7 Å². The van der Waals surface area contributed by atoms with Crippen molar-refractivity contribution in [3.8, 4) is 5.75 Å². The molecule has 13 heavy (non-hydrogen) atoms. The predicted octanol–water partition coefficient (Wildman–Crippen LogP) is 1.64. The minimum atomic E-state index is -0.314. The van der Waals surface area contributed by atoms with Gasteiger partial charge in [-0.1, -0.05) is 6.07 Å². The van der Waals surface area contributed by atoms with Crippen molar-refractivity contribution in [1.29, 1.82) is 0 Å². The van der Waals surface area contributed by atoms with Crippen LogP contribution < -0.4 is 10.5 Å². The lowest BCUT2D eigenvalue weighted by Crippen LogP contribution is -2.05. The number of aryl methyl sites for hydroxylation is 1. The Labute approximate surface area is 77.5 Å². The molecule has 0 bridgehead atoms. The van der Waals surface area contributed by atoms with Crippen LogP contribution >= 0.6 is 0 Å². The van der Waals surface area contributed by atoms with E-state index in [-0.39, 0.29) is 5.82 Å². The summed E-state index contributed by atoms with van der Waals surface area (Å²) in [4.78, 5) is 0. The van der Waals surface area contributed by atoms with Crippen LogP contribution in [0.3, 0.4) is 0 Å². The minimum absolute atomic E-state index is 0.314. The molecule has 3 heteroatoms. The fourth-order valence-corrected chi connectivity index (χ4v) is 1.37. The molecule has 0 spiro atoms. The third-order valence-corrected chi connectivity index (χ3v) is 1.88. The van der Waals surface area contributed by atoms with Crippen LogP contribution in [0.5, 0.6) is 5.75 Å². The first-order chi connectivity index (χ1) is 6.19. The Balaban J connectivity index is 3.13. The van der Waals surface area contributed by atoms with Crippen molar-refractivity contribution in [1.82, 2.24) is 0 Å². The van der Waals surface area contributed by atoms with Crippen LogP contribution in [0.25, 0.3) is 0 Å². The zero-order valence-electron chi connectivity index (χ0n) is 7.93. The number of halogens is 1. The Morgan fingerprint density at radius 2 is 2.15 bits per heavy atom. The molecule has 0 fully saturated rings. The van der Waals surface area contributed by atoms with Crippen molar-refractivity contribution >= 4 is 0 Å². The van der Waals surface area contributed by atoms with E-state index in [9.17, 15) is 4.39 Å². The summed E-state index contributed by atoms with van der Waals surface area (Å²) in [6, 6.07) is 3.35. The van der Waals surface area contributed by atoms with Gasteiger partial charge < -0.3 is 10.5 Å². The molecule has 1 rings (SSSR count). The lowest BCUT2D eigenvalue weighted by molar-refractivity contribution is 0.381. The van der Waals surface area contributed by atoms with Gasteiger partial charge >= 0.3 is 0 Å². The normalized spacial score (nSPS) is 10.2. The van der Waals surface area contributed by atoms with Gasteiger partial charge in [0.25, 0.3) is 0 Å². The summed E-state index contributed by atoms with van der Waals surface area (Å²) in [6.07, 6.45) is 0.641. The topological polar surface area (TPSA) is 35.2 Å². The summed E-state index contributed by atoms with van der Waals surface area (Å²) in [5.41, 5.74) is 7.13. The summed E-state index contributed by atoms with van der Waals surface area (Å²) in [6.45, 7) is 2.35. The van der Waals surface area contributed by atoms with E-state index >= 15 is 0 Å². The molecule has 2 nitrogen and oxygen atoms in total. The van der Waals surface area contributed by atoms with Gasteiger partial charge in [0.2, 0.25) is 0 Å². The first kappa shape index (κ1) is 9.99. The Morgan fingerprint density at radius 1 is 1.46 bits per heavy atom. The molecule has 0 amide bonds. The van der Waals surface area contributed by atoms with E-state index in [0.717, 1.165) is 11.1 Å². The fourth-order valence-electron chi connectivity index (χ4n) is 1.37. The van der Waals surface area contributed by atoms with E-state index in [4.69, 9.17) is 10.5 Å². The molecule has 0 saturated carbocycles. The fraction of sp³-hybridized carbons (Fsp3) is 0.400. The van der Waals surface area contributed by atoms with E-state index in [1.54, 1.807) is 0 Å². The van der Waals surface area contributed by atoms with Crippen molar-refractivity contribution in [2.45, 2.75) is 13.3 Å². The van der Waals surface area contributed by atoms with E-state index < -0.39 is 0 Å². The summed E-state index contributed by atoms with van der Waals surface area (Å²) in [5.74, 6) is 0.00185. The summed E-state index contributed by atoms with van der Waals surface area (Å²) in [7, 11) is 1.47. The number of ether oxygens (including phenoxy) is 1. The second kappa shape index (κ2) is 4.23. The molecule has 1 aromatic rings. The van der Waals surface area contributed by atoms with Gasteiger partial charge in [-0.2, -0.15) is 0 Å². The summed E-state index contributed by atoms with van der Waals surface area (Å²) >= 11 is 0. The number of benzene rings is 1. The third-order valence-electron chi connectivity index (χ3n) is 1.88. The van der Waals surface area contributed by atoms with Crippen LogP contribution in [0.2, 0.25) is 0 Å². The quantitative estimate of drug-likeness (QED) is 0.773.